The molecule has 0 spiro atoms. The molecule has 18 heavy (non-hydrogen) atoms. The third-order valence-corrected chi connectivity index (χ3v) is 3.04. The van der Waals surface area contributed by atoms with Gasteiger partial charge in [0.05, 0.1) is 13.7 Å². The van der Waals surface area contributed by atoms with Gasteiger partial charge < -0.3 is 14.9 Å². The maximum Gasteiger partial charge on any atom is 0.408 e. The number of phenolic OH excluding ortho intramolecular Hbond substituents is 1. The van der Waals surface area contributed by atoms with Crippen LogP contribution in [0.1, 0.15) is 11.1 Å². The molecule has 0 saturated carbocycles. The lowest BCUT2D eigenvalue weighted by molar-refractivity contribution is -0.146. The van der Waals surface area contributed by atoms with Crippen LogP contribution in [0.25, 0.3) is 0 Å². The van der Waals surface area contributed by atoms with Gasteiger partial charge in [0, 0.05) is 6.42 Å². The first-order valence-electron chi connectivity index (χ1n) is 5.41. The van der Waals surface area contributed by atoms with E-state index in [1.54, 1.807) is 6.07 Å². The van der Waals surface area contributed by atoms with Crippen molar-refractivity contribution >= 4 is 12.1 Å². The molecule has 96 valence electrons. The zero-order chi connectivity index (χ0) is 13.3. The number of carboxylic acid groups (broad SMARTS) is 1. The molecule has 0 radical (unpaired) electrons. The van der Waals surface area contributed by atoms with Crippen LogP contribution in [0.5, 0.6) is 5.75 Å². The van der Waals surface area contributed by atoms with Crippen LogP contribution in [0, 0.1) is 0 Å². The Bertz CT molecular complexity index is 499. The summed E-state index contributed by atoms with van der Waals surface area (Å²) >= 11 is 0. The number of benzene rings is 1. The summed E-state index contributed by atoms with van der Waals surface area (Å²) in [6, 6.07) is 3.90. The maximum absolute atomic E-state index is 11.6. The van der Waals surface area contributed by atoms with Crippen LogP contribution in [-0.4, -0.2) is 40.3 Å². The number of carbonyl (C=O) groups excluding carboxylic acids is 1. The highest BCUT2D eigenvalue weighted by Crippen LogP contribution is 2.27. The quantitative estimate of drug-likeness (QED) is 0.726. The van der Waals surface area contributed by atoms with E-state index in [0.717, 1.165) is 10.5 Å². The molecular formula is C12H13NO5. The van der Waals surface area contributed by atoms with Crippen molar-refractivity contribution in [3.05, 3.63) is 29.3 Å². The Labute approximate surface area is 103 Å². The summed E-state index contributed by atoms with van der Waals surface area (Å²) < 4.78 is 4.62. The molecule has 0 aromatic heterocycles. The monoisotopic (exact) mass is 251 g/mol. The third-order valence-electron chi connectivity index (χ3n) is 3.04. The van der Waals surface area contributed by atoms with Gasteiger partial charge in [0.2, 0.25) is 0 Å². The molecule has 6 heteroatoms. The Balaban J connectivity index is 2.37. The number of esters is 1. The van der Waals surface area contributed by atoms with E-state index in [0.29, 0.717) is 5.56 Å². The molecule has 1 aromatic rings. The Morgan fingerprint density at radius 1 is 1.39 bits per heavy atom. The minimum Gasteiger partial charge on any atom is -0.508 e. The van der Waals surface area contributed by atoms with Crippen molar-refractivity contribution in [2.75, 3.05) is 7.11 Å². The molecule has 0 fully saturated rings. The summed E-state index contributed by atoms with van der Waals surface area (Å²) in [5.41, 5.74) is 1.55. The Morgan fingerprint density at radius 2 is 2.11 bits per heavy atom. The highest BCUT2D eigenvalue weighted by Gasteiger charge is 2.35. The van der Waals surface area contributed by atoms with Crippen LogP contribution in [0.15, 0.2) is 18.2 Å². The number of methoxy groups -OCH3 is 1. The van der Waals surface area contributed by atoms with E-state index < -0.39 is 18.1 Å². The number of aromatic hydroxyl groups is 1. The van der Waals surface area contributed by atoms with Crippen molar-refractivity contribution in [2.45, 2.75) is 19.0 Å². The number of rotatable bonds is 1. The largest absolute Gasteiger partial charge is 0.508 e. The van der Waals surface area contributed by atoms with Crippen molar-refractivity contribution in [1.29, 1.82) is 0 Å². The molecular weight excluding hydrogens is 238 g/mol. The van der Waals surface area contributed by atoms with Gasteiger partial charge in [-0.15, -0.1) is 0 Å². The molecule has 1 atom stereocenters. The number of carbonyl (C=O) groups is 2. The summed E-state index contributed by atoms with van der Waals surface area (Å²) in [5.74, 6) is -0.494. The summed E-state index contributed by atoms with van der Waals surface area (Å²) in [5, 5.41) is 18.5. The van der Waals surface area contributed by atoms with E-state index in [1.807, 2.05) is 0 Å². The number of amides is 1. The van der Waals surface area contributed by atoms with Gasteiger partial charge in [-0.3, -0.25) is 4.90 Å². The van der Waals surface area contributed by atoms with Crippen LogP contribution in [0.4, 0.5) is 4.79 Å². The fraction of sp³-hybridized carbons (Fsp3) is 0.333. The van der Waals surface area contributed by atoms with E-state index in [4.69, 9.17) is 5.11 Å². The minimum atomic E-state index is -1.18. The first kappa shape index (κ1) is 12.2. The average Bonchev–Trinajstić information content (AvgIpc) is 2.36. The molecule has 2 N–H and O–H groups in total. The van der Waals surface area contributed by atoms with Gasteiger partial charge in [-0.25, -0.2) is 9.59 Å². The zero-order valence-electron chi connectivity index (χ0n) is 9.79. The molecule has 2 rings (SSSR count). The number of phenols is 1. The minimum absolute atomic E-state index is 0.0683. The number of fused-ring (bicyclic) bond motifs is 1. The molecule has 1 aliphatic rings. The van der Waals surface area contributed by atoms with Crippen LogP contribution in [0.2, 0.25) is 0 Å². The SMILES string of the molecule is COC(=O)[C@H]1Cc2ccc(O)cc2CN1C(=O)O. The fourth-order valence-electron chi connectivity index (χ4n) is 2.12. The number of ether oxygens (including phenoxy) is 1. The standard InChI is InChI=1S/C12H13NO5/c1-18-11(15)10-5-7-2-3-9(14)4-8(7)6-13(10)12(16)17/h2-4,10,14H,5-6H2,1H3,(H,16,17)/t10-/m1/s1. The number of nitrogens with zero attached hydrogens (tertiary/aromatic N) is 1. The summed E-state index contributed by atoms with van der Waals surface area (Å²) in [7, 11) is 1.23. The molecule has 0 aliphatic carbocycles. The van der Waals surface area contributed by atoms with E-state index in [2.05, 4.69) is 4.74 Å². The lowest BCUT2D eigenvalue weighted by Crippen LogP contribution is -2.48. The van der Waals surface area contributed by atoms with Crippen molar-refractivity contribution < 1.29 is 24.5 Å². The smallest absolute Gasteiger partial charge is 0.408 e. The van der Waals surface area contributed by atoms with Gasteiger partial charge >= 0.3 is 12.1 Å². The highest BCUT2D eigenvalue weighted by atomic mass is 16.5. The molecule has 1 aromatic carbocycles. The summed E-state index contributed by atoms with van der Waals surface area (Å²) in [6.07, 6.45) is -0.923. The third kappa shape index (κ3) is 2.09. The van der Waals surface area contributed by atoms with E-state index in [9.17, 15) is 14.7 Å². The first-order valence-corrected chi connectivity index (χ1v) is 5.41. The van der Waals surface area contributed by atoms with E-state index in [1.165, 1.54) is 19.2 Å². The fourth-order valence-corrected chi connectivity index (χ4v) is 2.12. The molecule has 0 saturated heterocycles. The summed E-state index contributed by atoms with van der Waals surface area (Å²) in [4.78, 5) is 23.7. The van der Waals surface area contributed by atoms with Crippen molar-refractivity contribution in [1.82, 2.24) is 4.90 Å². The van der Waals surface area contributed by atoms with Crippen LogP contribution in [0.3, 0.4) is 0 Å². The number of hydrogen-bond acceptors (Lipinski definition) is 4. The van der Waals surface area contributed by atoms with Gasteiger partial charge in [0.25, 0.3) is 0 Å². The van der Waals surface area contributed by atoms with E-state index in [-0.39, 0.29) is 18.7 Å². The zero-order valence-corrected chi connectivity index (χ0v) is 9.79. The van der Waals surface area contributed by atoms with Gasteiger partial charge in [-0.05, 0) is 23.3 Å². The Morgan fingerprint density at radius 3 is 2.72 bits per heavy atom. The van der Waals surface area contributed by atoms with Gasteiger partial charge in [-0.1, -0.05) is 6.07 Å². The van der Waals surface area contributed by atoms with Crippen molar-refractivity contribution in [2.24, 2.45) is 0 Å². The van der Waals surface area contributed by atoms with Gasteiger partial charge in [-0.2, -0.15) is 0 Å². The highest BCUT2D eigenvalue weighted by molar-refractivity contribution is 5.81. The average molecular weight is 251 g/mol. The van der Waals surface area contributed by atoms with Crippen molar-refractivity contribution in [3.8, 4) is 5.75 Å². The van der Waals surface area contributed by atoms with Crippen LogP contribution >= 0.6 is 0 Å². The molecule has 6 nitrogen and oxygen atoms in total. The lowest BCUT2D eigenvalue weighted by Gasteiger charge is -2.33. The Kier molecular flexibility index (Phi) is 3.10. The molecule has 1 amide bonds. The normalized spacial score (nSPS) is 18.1. The van der Waals surface area contributed by atoms with E-state index >= 15 is 0 Å². The van der Waals surface area contributed by atoms with Gasteiger partial charge in [0.1, 0.15) is 11.8 Å². The topological polar surface area (TPSA) is 87.1 Å². The molecule has 0 unspecified atom stereocenters. The van der Waals surface area contributed by atoms with Crippen LogP contribution < -0.4 is 0 Å². The lowest BCUT2D eigenvalue weighted by atomic mass is 9.94. The second-order valence-electron chi connectivity index (χ2n) is 4.11. The summed E-state index contributed by atoms with van der Waals surface area (Å²) in [6.45, 7) is 0.0683. The molecule has 1 aliphatic heterocycles. The second-order valence-corrected chi connectivity index (χ2v) is 4.11. The van der Waals surface area contributed by atoms with Gasteiger partial charge in [0.15, 0.2) is 0 Å². The Hall–Kier alpha value is -2.24. The second kappa shape index (κ2) is 4.56. The maximum atomic E-state index is 11.6. The van der Waals surface area contributed by atoms with Crippen LogP contribution in [-0.2, 0) is 22.5 Å². The predicted octanol–water partition coefficient (Wildman–Crippen LogP) is 0.970. The molecule has 0 bridgehead atoms. The van der Waals surface area contributed by atoms with Crippen molar-refractivity contribution in [3.63, 3.8) is 0 Å². The number of hydrogen-bond donors (Lipinski definition) is 2. The predicted molar refractivity (Wildman–Crippen MR) is 61.2 cm³/mol. The first-order chi connectivity index (χ1) is 8.52. The molecule has 1 heterocycles.